The van der Waals surface area contributed by atoms with Crippen molar-refractivity contribution < 1.29 is 8.42 Å². The molecule has 1 atom stereocenters. The van der Waals surface area contributed by atoms with Crippen molar-refractivity contribution in [3.8, 4) is 0 Å². The molecule has 0 aliphatic carbocycles. The van der Waals surface area contributed by atoms with Crippen LogP contribution < -0.4 is 4.72 Å². The van der Waals surface area contributed by atoms with E-state index in [-0.39, 0.29) is 16.2 Å². The highest BCUT2D eigenvalue weighted by Crippen LogP contribution is 2.26. The van der Waals surface area contributed by atoms with Crippen LogP contribution in [0.4, 0.5) is 0 Å². The molecule has 3 aromatic heterocycles. The zero-order valence-corrected chi connectivity index (χ0v) is 16.5. The molecule has 1 fully saturated rings. The lowest BCUT2D eigenvalue weighted by molar-refractivity contribution is 0.196. The number of hydrogen-bond donors (Lipinski definition) is 1. The maximum atomic E-state index is 12.8. The molecule has 4 heterocycles. The van der Waals surface area contributed by atoms with Crippen LogP contribution in [0.25, 0.3) is 4.96 Å². The van der Waals surface area contributed by atoms with Crippen LogP contribution in [0.1, 0.15) is 17.7 Å². The number of nitrogens with zero attached hydrogens (tertiary/aromatic N) is 3. The van der Waals surface area contributed by atoms with Gasteiger partial charge in [-0.05, 0) is 30.8 Å². The van der Waals surface area contributed by atoms with Crippen LogP contribution in [-0.4, -0.2) is 41.8 Å². The van der Waals surface area contributed by atoms with E-state index < -0.39 is 10.0 Å². The van der Waals surface area contributed by atoms with Crippen LogP contribution in [-0.2, 0) is 16.6 Å². The van der Waals surface area contributed by atoms with Gasteiger partial charge in [-0.3, -0.25) is 9.30 Å². The molecule has 0 radical (unpaired) electrons. The van der Waals surface area contributed by atoms with Gasteiger partial charge < -0.3 is 0 Å². The van der Waals surface area contributed by atoms with E-state index in [0.29, 0.717) is 11.5 Å². The average molecular weight is 417 g/mol. The summed E-state index contributed by atoms with van der Waals surface area (Å²) in [5, 5.41) is 3.90. The summed E-state index contributed by atoms with van der Waals surface area (Å²) >= 11 is 9.16. The lowest BCUT2D eigenvalue weighted by Gasteiger charge is -2.32. The number of aromatic nitrogens is 2. The van der Waals surface area contributed by atoms with Gasteiger partial charge in [0.15, 0.2) is 15.1 Å². The number of imidazole rings is 1. The fourth-order valence-electron chi connectivity index (χ4n) is 3.17. The molecule has 1 N–H and O–H groups in total. The van der Waals surface area contributed by atoms with Gasteiger partial charge in [-0.2, -0.15) is 0 Å². The number of halogens is 1. The third-order valence-electron chi connectivity index (χ3n) is 4.22. The summed E-state index contributed by atoms with van der Waals surface area (Å²) in [5.41, 5.74) is 0. The van der Waals surface area contributed by atoms with E-state index in [1.165, 1.54) is 20.6 Å². The highest BCUT2D eigenvalue weighted by Gasteiger charge is 2.30. The van der Waals surface area contributed by atoms with Gasteiger partial charge >= 0.3 is 0 Å². The standard InChI is InChI=1S/C15H17ClN4O2S3/c16-13-14(20-6-8-24-15(20)17-13)25(21,22)18-11-3-1-5-19(9-11)10-12-4-2-7-23-12/h2,4,6-8,11,18H,1,3,5,9-10H2. The van der Waals surface area contributed by atoms with E-state index in [9.17, 15) is 8.42 Å². The predicted octanol–water partition coefficient (Wildman–Crippen LogP) is 3.05. The molecule has 0 saturated carbocycles. The van der Waals surface area contributed by atoms with Crippen molar-refractivity contribution in [3.63, 3.8) is 0 Å². The summed E-state index contributed by atoms with van der Waals surface area (Å²) in [6.07, 6.45) is 3.47. The third kappa shape index (κ3) is 3.62. The fourth-order valence-corrected chi connectivity index (χ4v) is 6.63. The molecule has 0 amide bonds. The van der Waals surface area contributed by atoms with Gasteiger partial charge in [-0.25, -0.2) is 18.1 Å². The minimum Gasteiger partial charge on any atom is -0.297 e. The molecular weight excluding hydrogens is 400 g/mol. The Labute approximate surface area is 159 Å². The van der Waals surface area contributed by atoms with Crippen LogP contribution in [0.5, 0.6) is 0 Å². The molecule has 0 aromatic carbocycles. The minimum absolute atomic E-state index is 0.0191. The molecule has 4 rings (SSSR count). The van der Waals surface area contributed by atoms with Crippen LogP contribution in [0.3, 0.4) is 0 Å². The van der Waals surface area contributed by atoms with Crippen LogP contribution in [0.2, 0.25) is 5.15 Å². The molecule has 3 aromatic rings. The van der Waals surface area contributed by atoms with Crippen molar-refractivity contribution >= 4 is 49.3 Å². The molecule has 1 unspecified atom stereocenters. The molecule has 1 saturated heterocycles. The lowest BCUT2D eigenvalue weighted by Crippen LogP contribution is -2.47. The minimum atomic E-state index is -3.73. The first-order chi connectivity index (χ1) is 12.0. The van der Waals surface area contributed by atoms with Crippen molar-refractivity contribution in [2.75, 3.05) is 13.1 Å². The number of hydrogen-bond acceptors (Lipinski definition) is 6. The second kappa shape index (κ2) is 6.98. The maximum Gasteiger partial charge on any atom is 0.260 e. The molecule has 1 aliphatic rings. The monoisotopic (exact) mass is 416 g/mol. The summed E-state index contributed by atoms with van der Waals surface area (Å²) < 4.78 is 30.1. The smallest absolute Gasteiger partial charge is 0.260 e. The van der Waals surface area contributed by atoms with E-state index in [0.717, 1.165) is 25.9 Å². The van der Waals surface area contributed by atoms with Gasteiger partial charge in [0.2, 0.25) is 0 Å². The van der Waals surface area contributed by atoms with Crippen molar-refractivity contribution in [1.82, 2.24) is 19.0 Å². The quantitative estimate of drug-likeness (QED) is 0.694. The summed E-state index contributed by atoms with van der Waals surface area (Å²) in [5.74, 6) is 0. The zero-order chi connectivity index (χ0) is 17.4. The normalized spacial score (nSPS) is 19.6. The Balaban J connectivity index is 1.50. The van der Waals surface area contributed by atoms with Crippen LogP contribution >= 0.6 is 34.3 Å². The van der Waals surface area contributed by atoms with Gasteiger partial charge in [0.1, 0.15) is 0 Å². The predicted molar refractivity (Wildman–Crippen MR) is 101 cm³/mol. The van der Waals surface area contributed by atoms with E-state index in [4.69, 9.17) is 11.6 Å². The second-order valence-corrected chi connectivity index (χ2v) is 9.93. The summed E-state index contributed by atoms with van der Waals surface area (Å²) in [4.78, 5) is 8.28. The van der Waals surface area contributed by atoms with E-state index in [1.54, 1.807) is 22.9 Å². The van der Waals surface area contributed by atoms with Gasteiger partial charge in [0, 0.05) is 35.6 Å². The third-order valence-corrected chi connectivity index (χ3v) is 7.76. The largest absolute Gasteiger partial charge is 0.297 e. The number of fused-ring (bicyclic) bond motifs is 1. The number of nitrogens with one attached hydrogen (secondary N) is 1. The van der Waals surface area contributed by atoms with Gasteiger partial charge in [0.05, 0.1) is 0 Å². The van der Waals surface area contributed by atoms with E-state index >= 15 is 0 Å². The number of sulfonamides is 1. The van der Waals surface area contributed by atoms with E-state index in [1.807, 2.05) is 6.07 Å². The Morgan fingerprint density at radius 2 is 2.24 bits per heavy atom. The highest BCUT2D eigenvalue weighted by molar-refractivity contribution is 7.89. The van der Waals surface area contributed by atoms with E-state index in [2.05, 4.69) is 26.1 Å². The first kappa shape index (κ1) is 17.4. The van der Waals surface area contributed by atoms with Gasteiger partial charge in [-0.1, -0.05) is 17.7 Å². The van der Waals surface area contributed by atoms with Gasteiger partial charge in [-0.15, -0.1) is 22.7 Å². The summed E-state index contributed by atoms with van der Waals surface area (Å²) in [7, 11) is -3.73. The number of likely N-dealkylation sites (tertiary alicyclic amines) is 1. The lowest BCUT2D eigenvalue weighted by atomic mass is 10.1. The Morgan fingerprint density at radius 3 is 3.04 bits per heavy atom. The molecule has 0 bridgehead atoms. The first-order valence-electron chi connectivity index (χ1n) is 7.91. The first-order valence-corrected chi connectivity index (χ1v) is 11.5. The fraction of sp³-hybridized carbons (Fsp3) is 0.400. The van der Waals surface area contributed by atoms with Crippen LogP contribution in [0, 0.1) is 0 Å². The molecular formula is C15H17ClN4O2S3. The van der Waals surface area contributed by atoms with Crippen molar-refractivity contribution in [1.29, 1.82) is 0 Å². The van der Waals surface area contributed by atoms with Gasteiger partial charge in [0.25, 0.3) is 10.0 Å². The summed E-state index contributed by atoms with van der Waals surface area (Å²) in [6, 6.07) is 4.02. The molecule has 0 spiro atoms. The van der Waals surface area contributed by atoms with Crippen LogP contribution in [0.15, 0.2) is 34.1 Å². The maximum absolute atomic E-state index is 12.8. The SMILES string of the molecule is O=S(=O)(NC1CCCN(Cc2cccs2)C1)c1c(Cl)nc2sccn12. The number of piperidine rings is 1. The highest BCUT2D eigenvalue weighted by atomic mass is 35.5. The Bertz CT molecular complexity index is 964. The Hall–Kier alpha value is -0.970. The number of thiazole rings is 1. The molecule has 6 nitrogen and oxygen atoms in total. The molecule has 1 aliphatic heterocycles. The number of thiophene rings is 1. The average Bonchev–Trinajstić information content (AvgIpc) is 3.24. The summed E-state index contributed by atoms with van der Waals surface area (Å²) in [6.45, 7) is 2.54. The molecule has 134 valence electrons. The zero-order valence-electron chi connectivity index (χ0n) is 13.3. The van der Waals surface area contributed by atoms with Crippen molar-refractivity contribution in [2.45, 2.75) is 30.5 Å². The Kier molecular flexibility index (Phi) is 4.87. The molecule has 25 heavy (non-hydrogen) atoms. The number of rotatable bonds is 5. The second-order valence-electron chi connectivity index (χ2n) is 6.04. The molecule has 10 heteroatoms. The Morgan fingerprint density at radius 1 is 1.36 bits per heavy atom. The van der Waals surface area contributed by atoms with Crippen molar-refractivity contribution in [3.05, 3.63) is 39.1 Å². The van der Waals surface area contributed by atoms with Crippen molar-refractivity contribution in [2.24, 2.45) is 0 Å². The topological polar surface area (TPSA) is 66.7 Å².